The molecule has 0 saturated heterocycles. The summed E-state index contributed by atoms with van der Waals surface area (Å²) in [4.78, 5) is 28.6. The van der Waals surface area contributed by atoms with Gasteiger partial charge in [-0.05, 0) is 25.4 Å². The fourth-order valence-corrected chi connectivity index (χ4v) is 1.26. The van der Waals surface area contributed by atoms with Gasteiger partial charge in [-0.3, -0.25) is 10.1 Å². The van der Waals surface area contributed by atoms with Gasteiger partial charge in [0.2, 0.25) is 11.1 Å². The molecule has 1 aromatic heterocycles. The Labute approximate surface area is 107 Å². The zero-order valence-electron chi connectivity index (χ0n) is 9.71. The van der Waals surface area contributed by atoms with E-state index in [1.54, 1.807) is 6.92 Å². The quantitative estimate of drug-likeness (QED) is 0.374. The van der Waals surface area contributed by atoms with Crippen LogP contribution < -0.4 is 5.32 Å². The van der Waals surface area contributed by atoms with Gasteiger partial charge in [0.1, 0.15) is 12.2 Å². The van der Waals surface area contributed by atoms with Gasteiger partial charge in [-0.25, -0.2) is 9.78 Å². The van der Waals surface area contributed by atoms with Crippen molar-refractivity contribution in [2.75, 3.05) is 11.9 Å². The van der Waals surface area contributed by atoms with E-state index in [-0.39, 0.29) is 23.4 Å². The fourth-order valence-electron chi connectivity index (χ4n) is 1.13. The van der Waals surface area contributed by atoms with Crippen molar-refractivity contribution in [1.29, 1.82) is 0 Å². The smallest absolute Gasteiger partial charge is 0.329 e. The Morgan fingerprint density at radius 1 is 1.72 bits per heavy atom. The average Bonchev–Trinajstić information content (AvgIpc) is 2.28. The molecule has 0 aliphatic carbocycles. The third kappa shape index (κ3) is 3.52. The van der Waals surface area contributed by atoms with Crippen LogP contribution in [0.5, 0.6) is 0 Å². The van der Waals surface area contributed by atoms with Crippen LogP contribution in [-0.4, -0.2) is 33.5 Å². The fraction of sp³-hybridized carbons (Fsp3) is 0.444. The number of halogens is 1. The molecule has 0 aromatic carbocycles. The van der Waals surface area contributed by atoms with Crippen molar-refractivity contribution in [1.82, 2.24) is 9.97 Å². The zero-order valence-corrected chi connectivity index (χ0v) is 10.5. The molecule has 0 spiro atoms. The molecule has 0 bridgehead atoms. The van der Waals surface area contributed by atoms with Crippen molar-refractivity contribution in [2.24, 2.45) is 0 Å². The Kier molecular flexibility index (Phi) is 4.78. The minimum absolute atomic E-state index is 0.124. The van der Waals surface area contributed by atoms with Crippen molar-refractivity contribution >= 4 is 29.1 Å². The van der Waals surface area contributed by atoms with E-state index in [9.17, 15) is 14.9 Å². The van der Waals surface area contributed by atoms with Crippen molar-refractivity contribution in [3.8, 4) is 0 Å². The summed E-state index contributed by atoms with van der Waals surface area (Å²) in [7, 11) is 0. The van der Waals surface area contributed by atoms with Gasteiger partial charge in [-0.1, -0.05) is 0 Å². The minimum Gasteiger partial charge on any atom is -0.464 e. The van der Waals surface area contributed by atoms with Gasteiger partial charge in [-0.2, -0.15) is 4.98 Å². The van der Waals surface area contributed by atoms with E-state index in [4.69, 9.17) is 16.3 Å². The lowest BCUT2D eigenvalue weighted by molar-refractivity contribution is -0.384. The van der Waals surface area contributed by atoms with Crippen molar-refractivity contribution in [3.63, 3.8) is 0 Å². The number of carbonyl (C=O) groups is 1. The van der Waals surface area contributed by atoms with Gasteiger partial charge in [0.05, 0.1) is 11.5 Å². The first-order valence-corrected chi connectivity index (χ1v) is 5.43. The highest BCUT2D eigenvalue weighted by Crippen LogP contribution is 2.22. The molecule has 98 valence electrons. The number of nitrogens with one attached hydrogen (secondary N) is 1. The molecular weight excluding hydrogens is 264 g/mol. The molecule has 0 aliphatic rings. The number of hydrogen-bond donors (Lipinski definition) is 1. The number of nitro groups is 1. The third-order valence-corrected chi connectivity index (χ3v) is 2.11. The first kappa shape index (κ1) is 14.1. The van der Waals surface area contributed by atoms with Crippen molar-refractivity contribution in [2.45, 2.75) is 19.9 Å². The van der Waals surface area contributed by atoms with E-state index in [1.165, 1.54) is 6.92 Å². The van der Waals surface area contributed by atoms with Crippen LogP contribution in [0.1, 0.15) is 13.8 Å². The molecule has 1 aromatic rings. The molecule has 8 nitrogen and oxygen atoms in total. The molecular formula is C9H11ClN4O4. The monoisotopic (exact) mass is 274 g/mol. The van der Waals surface area contributed by atoms with Crippen LogP contribution in [0.4, 0.5) is 11.5 Å². The summed E-state index contributed by atoms with van der Waals surface area (Å²) < 4.78 is 4.76. The Balaban J connectivity index is 2.92. The molecule has 1 rings (SSSR count). The lowest BCUT2D eigenvalue weighted by Crippen LogP contribution is -2.29. The van der Waals surface area contributed by atoms with Crippen LogP contribution in [0.2, 0.25) is 5.28 Å². The van der Waals surface area contributed by atoms with Crippen LogP contribution in [0.25, 0.3) is 0 Å². The standard InChI is InChI=1S/C9H11ClN4O4/c1-3-18-8(15)5(2)12-7-6(14(16)17)4-11-9(10)13-7/h4-5H,3H2,1-2H3,(H,11,12,13). The van der Waals surface area contributed by atoms with E-state index < -0.39 is 16.9 Å². The molecule has 0 saturated carbocycles. The van der Waals surface area contributed by atoms with Crippen LogP contribution in [0.15, 0.2) is 6.20 Å². The Morgan fingerprint density at radius 3 is 2.94 bits per heavy atom. The summed E-state index contributed by atoms with van der Waals surface area (Å²) in [5, 5.41) is 13.1. The number of anilines is 1. The van der Waals surface area contributed by atoms with Crippen LogP contribution in [0, 0.1) is 10.1 Å². The van der Waals surface area contributed by atoms with E-state index in [0.717, 1.165) is 6.20 Å². The molecule has 1 N–H and O–H groups in total. The van der Waals surface area contributed by atoms with Gasteiger partial charge in [-0.15, -0.1) is 0 Å². The summed E-state index contributed by atoms with van der Waals surface area (Å²) in [6.07, 6.45) is 0.968. The number of aromatic nitrogens is 2. The van der Waals surface area contributed by atoms with Crippen LogP contribution in [0.3, 0.4) is 0 Å². The van der Waals surface area contributed by atoms with E-state index >= 15 is 0 Å². The van der Waals surface area contributed by atoms with Crippen LogP contribution in [-0.2, 0) is 9.53 Å². The van der Waals surface area contributed by atoms with E-state index in [2.05, 4.69) is 15.3 Å². The Morgan fingerprint density at radius 2 is 2.39 bits per heavy atom. The summed E-state index contributed by atoms with van der Waals surface area (Å²) in [6, 6.07) is -0.783. The zero-order chi connectivity index (χ0) is 13.7. The largest absolute Gasteiger partial charge is 0.464 e. The van der Waals surface area contributed by atoms with Gasteiger partial charge in [0.25, 0.3) is 0 Å². The van der Waals surface area contributed by atoms with Crippen molar-refractivity contribution in [3.05, 3.63) is 21.6 Å². The SMILES string of the molecule is CCOC(=O)C(C)Nc1nc(Cl)ncc1[N+](=O)[O-]. The second kappa shape index (κ2) is 6.10. The summed E-state index contributed by atoms with van der Waals surface area (Å²) >= 11 is 5.54. The lowest BCUT2D eigenvalue weighted by atomic mass is 10.3. The van der Waals surface area contributed by atoms with Crippen LogP contribution >= 0.6 is 11.6 Å². The number of hydrogen-bond acceptors (Lipinski definition) is 7. The van der Waals surface area contributed by atoms with Gasteiger partial charge < -0.3 is 10.1 Å². The van der Waals surface area contributed by atoms with Crippen molar-refractivity contribution < 1.29 is 14.5 Å². The number of rotatable bonds is 5. The highest BCUT2D eigenvalue weighted by Gasteiger charge is 2.22. The molecule has 1 heterocycles. The molecule has 0 fully saturated rings. The summed E-state index contributed by atoms with van der Waals surface area (Å²) in [6.45, 7) is 3.38. The summed E-state index contributed by atoms with van der Waals surface area (Å²) in [5.41, 5.74) is -0.365. The Hall–Kier alpha value is -1.96. The predicted molar refractivity (Wildman–Crippen MR) is 63.4 cm³/mol. The molecule has 18 heavy (non-hydrogen) atoms. The predicted octanol–water partition coefficient (Wildman–Crippen LogP) is 1.40. The van der Waals surface area contributed by atoms with Gasteiger partial charge in [0, 0.05) is 0 Å². The molecule has 1 atom stereocenters. The maximum Gasteiger partial charge on any atom is 0.329 e. The number of nitrogens with zero attached hydrogens (tertiary/aromatic N) is 3. The first-order valence-electron chi connectivity index (χ1n) is 5.05. The van der Waals surface area contributed by atoms with Gasteiger partial charge >= 0.3 is 11.7 Å². The molecule has 9 heteroatoms. The number of carbonyl (C=O) groups excluding carboxylic acids is 1. The number of esters is 1. The molecule has 0 radical (unpaired) electrons. The number of ether oxygens (including phenoxy) is 1. The highest BCUT2D eigenvalue weighted by atomic mass is 35.5. The van der Waals surface area contributed by atoms with Gasteiger partial charge in [0.15, 0.2) is 0 Å². The second-order valence-electron chi connectivity index (χ2n) is 3.25. The summed E-state index contributed by atoms with van der Waals surface area (Å²) in [5.74, 6) is -0.665. The molecule has 0 amide bonds. The third-order valence-electron chi connectivity index (χ3n) is 1.93. The minimum atomic E-state index is -0.783. The lowest BCUT2D eigenvalue weighted by Gasteiger charge is -2.12. The maximum absolute atomic E-state index is 11.4. The first-order chi connectivity index (χ1) is 8.45. The van der Waals surface area contributed by atoms with E-state index in [1.807, 2.05) is 0 Å². The second-order valence-corrected chi connectivity index (χ2v) is 3.59. The molecule has 1 unspecified atom stereocenters. The normalized spacial score (nSPS) is 11.7. The molecule has 0 aliphatic heterocycles. The highest BCUT2D eigenvalue weighted by molar-refractivity contribution is 6.28. The average molecular weight is 275 g/mol. The Bertz CT molecular complexity index is 468. The maximum atomic E-state index is 11.4. The topological polar surface area (TPSA) is 107 Å². The van der Waals surface area contributed by atoms with E-state index in [0.29, 0.717) is 0 Å².